The molecule has 0 spiro atoms. The summed E-state index contributed by atoms with van der Waals surface area (Å²) in [6, 6.07) is 16.1. The van der Waals surface area contributed by atoms with Gasteiger partial charge in [0.05, 0.1) is 16.6 Å². The van der Waals surface area contributed by atoms with Gasteiger partial charge in [-0.1, -0.05) is 53.5 Å². The topological polar surface area (TPSA) is 57.8 Å². The molecule has 1 aliphatic rings. The van der Waals surface area contributed by atoms with E-state index in [1.165, 1.54) is 23.3 Å². The molecule has 0 saturated heterocycles. The minimum absolute atomic E-state index is 0.0164. The Kier molecular flexibility index (Phi) is 5.16. The summed E-state index contributed by atoms with van der Waals surface area (Å²) in [5.74, 6) is -0.435. The quantitative estimate of drug-likeness (QED) is 0.428. The number of benzene rings is 3. The molecule has 0 radical (unpaired) electrons. The maximum absolute atomic E-state index is 14.7. The van der Waals surface area contributed by atoms with Crippen LogP contribution in [0.3, 0.4) is 0 Å². The molecule has 0 atom stereocenters. The number of carbonyl (C=O) groups is 1. The van der Waals surface area contributed by atoms with Gasteiger partial charge in [0.15, 0.2) is 0 Å². The molecular formula is C24H18Cl2FN3O. The van der Waals surface area contributed by atoms with Gasteiger partial charge in [-0.3, -0.25) is 4.79 Å². The summed E-state index contributed by atoms with van der Waals surface area (Å²) < 4.78 is 14.7. The van der Waals surface area contributed by atoms with Crippen molar-refractivity contribution in [3.63, 3.8) is 0 Å². The molecular weight excluding hydrogens is 436 g/mol. The highest BCUT2D eigenvalue weighted by Crippen LogP contribution is 2.27. The number of H-pyrrole nitrogens is 1. The maximum Gasteiger partial charge on any atom is 0.254 e. The Labute approximate surface area is 188 Å². The second kappa shape index (κ2) is 7.98. The average molecular weight is 454 g/mol. The Morgan fingerprint density at radius 1 is 1.06 bits per heavy atom. The van der Waals surface area contributed by atoms with Crippen LogP contribution in [0.25, 0.3) is 11.0 Å². The lowest BCUT2D eigenvalue weighted by molar-refractivity contribution is 0.0934. The van der Waals surface area contributed by atoms with Crippen LogP contribution >= 0.6 is 23.2 Å². The van der Waals surface area contributed by atoms with E-state index in [4.69, 9.17) is 23.2 Å². The third-order valence-corrected chi connectivity index (χ3v) is 6.36. The fraction of sp³-hybridized carbons (Fsp3) is 0.167. The largest absolute Gasteiger partial charge is 0.349 e. The number of aromatic amines is 1. The first-order valence-corrected chi connectivity index (χ1v) is 10.7. The molecule has 0 aliphatic heterocycles. The molecule has 2 N–H and O–H groups in total. The lowest BCUT2D eigenvalue weighted by atomic mass is 10.1. The van der Waals surface area contributed by atoms with Gasteiger partial charge in [-0.25, -0.2) is 9.37 Å². The number of hydrogen-bond donors (Lipinski definition) is 2. The number of rotatable bonds is 4. The smallest absolute Gasteiger partial charge is 0.254 e. The number of hydrogen-bond acceptors (Lipinski definition) is 2. The van der Waals surface area contributed by atoms with Gasteiger partial charge in [0, 0.05) is 28.6 Å². The van der Waals surface area contributed by atoms with Crippen molar-refractivity contribution in [3.8, 4) is 0 Å². The van der Waals surface area contributed by atoms with E-state index < -0.39 is 11.7 Å². The van der Waals surface area contributed by atoms with E-state index in [0.29, 0.717) is 33.3 Å². The molecule has 5 rings (SSSR count). The zero-order chi connectivity index (χ0) is 21.5. The van der Waals surface area contributed by atoms with Crippen LogP contribution in [-0.4, -0.2) is 21.9 Å². The highest BCUT2D eigenvalue weighted by atomic mass is 35.5. The number of aromatic nitrogens is 2. The van der Waals surface area contributed by atoms with Crippen LogP contribution < -0.4 is 5.32 Å². The third kappa shape index (κ3) is 3.91. The zero-order valence-electron chi connectivity index (χ0n) is 16.4. The minimum Gasteiger partial charge on any atom is -0.349 e. The summed E-state index contributed by atoms with van der Waals surface area (Å²) in [6.07, 6.45) is 1.87. The van der Waals surface area contributed by atoms with E-state index in [-0.39, 0.29) is 11.6 Å². The summed E-state index contributed by atoms with van der Waals surface area (Å²) >= 11 is 12.5. The zero-order valence-corrected chi connectivity index (χ0v) is 17.9. The Hall–Kier alpha value is -2.89. The van der Waals surface area contributed by atoms with Crippen molar-refractivity contribution < 1.29 is 9.18 Å². The van der Waals surface area contributed by atoms with Crippen LogP contribution in [0, 0.1) is 5.82 Å². The molecule has 1 aliphatic carbocycles. The number of amides is 1. The van der Waals surface area contributed by atoms with Gasteiger partial charge in [0.1, 0.15) is 11.6 Å². The average Bonchev–Trinajstić information content (AvgIpc) is 3.32. The first-order valence-electron chi connectivity index (χ1n) is 9.96. The lowest BCUT2D eigenvalue weighted by Gasteiger charge is -2.12. The summed E-state index contributed by atoms with van der Waals surface area (Å²) in [5.41, 5.74) is 4.19. The van der Waals surface area contributed by atoms with Gasteiger partial charge in [-0.15, -0.1) is 0 Å². The van der Waals surface area contributed by atoms with E-state index in [1.807, 2.05) is 12.1 Å². The molecule has 31 heavy (non-hydrogen) atoms. The summed E-state index contributed by atoms with van der Waals surface area (Å²) in [4.78, 5) is 20.4. The van der Waals surface area contributed by atoms with E-state index in [0.717, 1.165) is 18.4 Å². The van der Waals surface area contributed by atoms with Crippen LogP contribution in [0.2, 0.25) is 10.0 Å². The Bertz CT molecular complexity index is 1270. The number of halogens is 3. The van der Waals surface area contributed by atoms with Crippen LogP contribution in [0.1, 0.15) is 32.9 Å². The fourth-order valence-corrected chi connectivity index (χ4v) is 4.66. The molecule has 4 aromatic rings. The molecule has 7 heteroatoms. The predicted molar refractivity (Wildman–Crippen MR) is 120 cm³/mol. The van der Waals surface area contributed by atoms with E-state index >= 15 is 0 Å². The molecule has 1 aromatic heterocycles. The first kappa shape index (κ1) is 20.0. The second-order valence-electron chi connectivity index (χ2n) is 7.76. The van der Waals surface area contributed by atoms with E-state index in [1.54, 1.807) is 18.2 Å². The van der Waals surface area contributed by atoms with E-state index in [9.17, 15) is 9.18 Å². The van der Waals surface area contributed by atoms with Gasteiger partial charge >= 0.3 is 0 Å². The highest BCUT2D eigenvalue weighted by molar-refractivity contribution is 6.36. The third-order valence-electron chi connectivity index (χ3n) is 5.66. The molecule has 0 bridgehead atoms. The predicted octanol–water partition coefficient (Wildman–Crippen LogP) is 5.50. The van der Waals surface area contributed by atoms with Crippen LogP contribution in [0.4, 0.5) is 4.39 Å². The molecule has 1 amide bonds. The van der Waals surface area contributed by atoms with Crippen LogP contribution in [0.15, 0.2) is 54.6 Å². The van der Waals surface area contributed by atoms with Crippen molar-refractivity contribution in [2.75, 3.05) is 0 Å². The van der Waals surface area contributed by atoms with Gasteiger partial charge < -0.3 is 10.3 Å². The molecule has 0 unspecified atom stereocenters. The first-order chi connectivity index (χ1) is 15.0. The van der Waals surface area contributed by atoms with Crippen molar-refractivity contribution >= 4 is 40.1 Å². The van der Waals surface area contributed by atoms with Gasteiger partial charge in [0.2, 0.25) is 0 Å². The van der Waals surface area contributed by atoms with Crippen molar-refractivity contribution in [3.05, 3.63) is 98.5 Å². The SMILES string of the molecule is O=C(NC1Cc2ccccc2C1)c1cc2nc(Cc3c(Cl)cccc3Cl)[nH]c2cc1F. The highest BCUT2D eigenvalue weighted by Gasteiger charge is 2.24. The molecule has 0 saturated carbocycles. The molecule has 1 heterocycles. The number of nitrogens with one attached hydrogen (secondary N) is 2. The van der Waals surface area contributed by atoms with Crippen molar-refractivity contribution in [2.24, 2.45) is 0 Å². The Morgan fingerprint density at radius 2 is 1.74 bits per heavy atom. The summed E-state index contributed by atoms with van der Waals surface area (Å²) in [6.45, 7) is 0. The fourth-order valence-electron chi connectivity index (χ4n) is 4.13. The van der Waals surface area contributed by atoms with Crippen LogP contribution in [-0.2, 0) is 19.3 Å². The Balaban J connectivity index is 1.38. The molecule has 4 nitrogen and oxygen atoms in total. The minimum atomic E-state index is -0.591. The molecule has 0 fully saturated rings. The van der Waals surface area contributed by atoms with Crippen LogP contribution in [0.5, 0.6) is 0 Å². The van der Waals surface area contributed by atoms with Crippen molar-refractivity contribution in [2.45, 2.75) is 25.3 Å². The molecule has 3 aromatic carbocycles. The van der Waals surface area contributed by atoms with Crippen molar-refractivity contribution in [1.82, 2.24) is 15.3 Å². The van der Waals surface area contributed by atoms with Crippen molar-refractivity contribution in [1.29, 1.82) is 0 Å². The van der Waals surface area contributed by atoms with Gasteiger partial charge in [0.25, 0.3) is 5.91 Å². The summed E-state index contributed by atoms with van der Waals surface area (Å²) in [5, 5.41) is 4.03. The molecule has 156 valence electrons. The van der Waals surface area contributed by atoms with E-state index in [2.05, 4.69) is 27.4 Å². The summed E-state index contributed by atoms with van der Waals surface area (Å²) in [7, 11) is 0. The standard InChI is InChI=1S/C24H18Cl2FN3O/c25-18-6-3-7-19(26)16(18)11-23-29-21-10-17(20(27)12-22(21)30-23)24(31)28-15-8-13-4-1-2-5-14(13)9-15/h1-7,10,12,15H,8-9,11H2,(H,28,31)(H,29,30). The monoisotopic (exact) mass is 453 g/mol. The number of nitrogens with zero attached hydrogens (tertiary/aromatic N) is 1. The van der Waals surface area contributed by atoms with Gasteiger partial charge in [-0.2, -0.15) is 0 Å². The number of imidazole rings is 1. The Morgan fingerprint density at radius 3 is 2.42 bits per heavy atom. The maximum atomic E-state index is 14.7. The number of fused-ring (bicyclic) bond motifs is 2. The lowest BCUT2D eigenvalue weighted by Crippen LogP contribution is -2.35. The normalized spacial score (nSPS) is 13.5. The van der Waals surface area contributed by atoms with Gasteiger partial charge in [-0.05, 0) is 47.7 Å². The second-order valence-corrected chi connectivity index (χ2v) is 8.57. The number of carbonyl (C=O) groups excluding carboxylic acids is 1.